The highest BCUT2D eigenvalue weighted by Gasteiger charge is 2.33. The number of amides is 1. The Labute approximate surface area is 288 Å². The van der Waals surface area contributed by atoms with E-state index < -0.39 is 5.97 Å². The number of carbonyl (C=O) groups is 2. The van der Waals surface area contributed by atoms with E-state index in [1.807, 2.05) is 58.0 Å². The van der Waals surface area contributed by atoms with Crippen molar-refractivity contribution in [3.63, 3.8) is 0 Å². The zero-order valence-electron chi connectivity index (χ0n) is 27.3. The molecular weight excluding hydrogens is 651 g/mol. The van der Waals surface area contributed by atoms with Crippen molar-refractivity contribution in [2.45, 2.75) is 59.9 Å². The lowest BCUT2D eigenvalue weighted by Gasteiger charge is -2.22. The lowest BCUT2D eigenvalue weighted by Crippen LogP contribution is -2.32. The van der Waals surface area contributed by atoms with Crippen LogP contribution in [0.25, 0.3) is 22.0 Å². The van der Waals surface area contributed by atoms with E-state index in [0.29, 0.717) is 74.1 Å². The molecule has 0 spiro atoms. The molecule has 1 amide bonds. The molecule has 0 atom stereocenters. The van der Waals surface area contributed by atoms with Gasteiger partial charge in [-0.25, -0.2) is 4.79 Å². The van der Waals surface area contributed by atoms with E-state index in [1.54, 1.807) is 11.0 Å². The second-order valence-electron chi connectivity index (χ2n) is 12.6. The summed E-state index contributed by atoms with van der Waals surface area (Å²) in [5, 5.41) is 19.8. The Kier molecular flexibility index (Phi) is 8.37. The minimum atomic E-state index is -1.08. The molecule has 3 aromatic carbocycles. The number of aromatic amines is 1. The zero-order chi connectivity index (χ0) is 33.9. The molecule has 0 unspecified atom stereocenters. The van der Waals surface area contributed by atoms with Crippen LogP contribution in [0.1, 0.15) is 67.3 Å². The molecule has 248 valence electrons. The van der Waals surface area contributed by atoms with Gasteiger partial charge in [0.1, 0.15) is 22.8 Å². The summed E-state index contributed by atoms with van der Waals surface area (Å²) in [6, 6.07) is 11.2. The molecule has 9 nitrogen and oxygen atoms in total. The molecule has 4 heterocycles. The van der Waals surface area contributed by atoms with Crippen molar-refractivity contribution in [3.8, 4) is 22.6 Å². The van der Waals surface area contributed by atoms with Crippen LogP contribution in [-0.2, 0) is 19.4 Å². The van der Waals surface area contributed by atoms with Crippen LogP contribution < -0.4 is 14.4 Å². The van der Waals surface area contributed by atoms with Gasteiger partial charge >= 0.3 is 5.97 Å². The first-order valence-electron chi connectivity index (χ1n) is 16.1. The van der Waals surface area contributed by atoms with E-state index in [1.165, 1.54) is 0 Å². The Morgan fingerprint density at radius 2 is 1.83 bits per heavy atom. The van der Waals surface area contributed by atoms with Crippen LogP contribution in [0.4, 0.5) is 5.69 Å². The predicted octanol–water partition coefficient (Wildman–Crippen LogP) is 8.27. The minimum Gasteiger partial charge on any atom is -0.494 e. The zero-order valence-corrected chi connectivity index (χ0v) is 28.8. The molecule has 2 aliphatic heterocycles. The Hall–Kier alpha value is -4.47. The van der Waals surface area contributed by atoms with Gasteiger partial charge in [0.05, 0.1) is 29.4 Å². The van der Waals surface area contributed by atoms with Crippen LogP contribution in [0.15, 0.2) is 36.4 Å². The third-order valence-electron chi connectivity index (χ3n) is 9.43. The number of carbonyl (C=O) groups excluding carboxylic acids is 1. The van der Waals surface area contributed by atoms with E-state index in [0.717, 1.165) is 66.4 Å². The van der Waals surface area contributed by atoms with Crippen molar-refractivity contribution in [2.24, 2.45) is 0 Å². The van der Waals surface area contributed by atoms with Crippen molar-refractivity contribution in [1.29, 1.82) is 0 Å². The maximum atomic E-state index is 14.8. The van der Waals surface area contributed by atoms with Gasteiger partial charge in [-0.05, 0) is 94.0 Å². The van der Waals surface area contributed by atoms with E-state index in [2.05, 4.69) is 14.8 Å². The molecule has 0 bridgehead atoms. The van der Waals surface area contributed by atoms with Crippen molar-refractivity contribution >= 4 is 51.7 Å². The van der Waals surface area contributed by atoms with Crippen LogP contribution in [0.2, 0.25) is 10.0 Å². The SMILES string of the molecule is Cc1cc(OCCCc2c3n(c4c(-c5c(C)n[nH]c5C)c(Cl)ccc24)CCCN(c2cc4c(c(C(=O)O)c2)OCC4)C3=O)cc(C)c1Cl. The number of carboxylic acids is 1. The quantitative estimate of drug-likeness (QED) is 0.159. The second-order valence-corrected chi connectivity index (χ2v) is 13.4. The molecule has 11 heteroatoms. The average Bonchev–Trinajstić information content (AvgIpc) is 3.71. The molecule has 0 saturated heterocycles. The fraction of sp³-hybridized carbons (Fsp3) is 0.324. The molecule has 0 aliphatic carbocycles. The maximum absolute atomic E-state index is 14.8. The van der Waals surface area contributed by atoms with Crippen LogP contribution in [-0.4, -0.2) is 51.5 Å². The number of nitrogens with zero attached hydrogens (tertiary/aromatic N) is 3. The number of aryl methyl sites for hydroxylation is 6. The number of aromatic nitrogens is 3. The predicted molar refractivity (Wildman–Crippen MR) is 188 cm³/mol. The maximum Gasteiger partial charge on any atom is 0.339 e. The van der Waals surface area contributed by atoms with Crippen LogP contribution in [0, 0.1) is 27.7 Å². The fourth-order valence-corrected chi connectivity index (χ4v) is 7.62. The first-order valence-corrected chi connectivity index (χ1v) is 16.9. The van der Waals surface area contributed by atoms with Gasteiger partial charge in [-0.2, -0.15) is 5.10 Å². The topological polar surface area (TPSA) is 110 Å². The number of halogens is 2. The number of benzene rings is 3. The number of fused-ring (bicyclic) bond motifs is 4. The molecular formula is C37H36Cl2N4O5. The third-order valence-corrected chi connectivity index (χ3v) is 10.3. The van der Waals surface area contributed by atoms with E-state index in [9.17, 15) is 14.7 Å². The number of hydrogen-bond donors (Lipinski definition) is 2. The molecule has 0 radical (unpaired) electrons. The molecule has 2 aliphatic rings. The molecule has 2 N–H and O–H groups in total. The van der Waals surface area contributed by atoms with Crippen LogP contribution in [0.3, 0.4) is 0 Å². The highest BCUT2D eigenvalue weighted by atomic mass is 35.5. The highest BCUT2D eigenvalue weighted by molar-refractivity contribution is 6.35. The standard InChI is InChI=1S/C37H36Cl2N4O5/c1-19-15-25(16-20(2)32(19)39)47-13-5-7-26-27-8-9-29(38)31(30-21(3)40-41-22(30)4)33(27)43-12-6-11-42(36(44)34(26)43)24-17-23-10-14-48-35(23)28(18-24)37(45)46/h8-9,15-18H,5-7,10-14H2,1-4H3,(H,40,41)(H,45,46). The molecule has 48 heavy (non-hydrogen) atoms. The monoisotopic (exact) mass is 686 g/mol. The van der Waals surface area contributed by atoms with E-state index in [4.69, 9.17) is 32.7 Å². The number of nitrogens with one attached hydrogen (secondary N) is 1. The Bertz CT molecular complexity index is 2090. The first kappa shape index (κ1) is 32.1. The highest BCUT2D eigenvalue weighted by Crippen LogP contribution is 2.43. The smallest absolute Gasteiger partial charge is 0.339 e. The number of aromatic carboxylic acids is 1. The lowest BCUT2D eigenvalue weighted by atomic mass is 9.98. The second kappa shape index (κ2) is 12.5. The summed E-state index contributed by atoms with van der Waals surface area (Å²) in [6.07, 6.45) is 2.48. The summed E-state index contributed by atoms with van der Waals surface area (Å²) >= 11 is 13.3. The van der Waals surface area contributed by atoms with Gasteiger partial charge in [-0.1, -0.05) is 29.3 Å². The summed E-state index contributed by atoms with van der Waals surface area (Å²) in [5.41, 5.74) is 9.22. The number of ether oxygens (including phenoxy) is 2. The molecule has 7 rings (SSSR count). The van der Waals surface area contributed by atoms with Gasteiger partial charge in [0, 0.05) is 58.0 Å². The van der Waals surface area contributed by atoms with Crippen molar-refractivity contribution in [1.82, 2.24) is 14.8 Å². The van der Waals surface area contributed by atoms with Gasteiger partial charge in [-0.15, -0.1) is 0 Å². The number of carboxylic acid groups (broad SMARTS) is 1. The van der Waals surface area contributed by atoms with Crippen LogP contribution >= 0.6 is 23.2 Å². The lowest BCUT2D eigenvalue weighted by molar-refractivity contribution is 0.0692. The minimum absolute atomic E-state index is 0.0719. The van der Waals surface area contributed by atoms with Crippen molar-refractivity contribution < 1.29 is 24.2 Å². The summed E-state index contributed by atoms with van der Waals surface area (Å²) in [7, 11) is 0. The van der Waals surface area contributed by atoms with E-state index >= 15 is 0 Å². The third kappa shape index (κ3) is 5.39. The first-order chi connectivity index (χ1) is 23.0. The summed E-state index contributed by atoms with van der Waals surface area (Å²) in [5.74, 6) is -0.115. The summed E-state index contributed by atoms with van der Waals surface area (Å²) in [6.45, 7) is 9.71. The summed E-state index contributed by atoms with van der Waals surface area (Å²) < 4.78 is 13.9. The number of rotatable bonds is 8. The fourth-order valence-electron chi connectivity index (χ4n) is 7.27. The molecule has 2 aromatic heterocycles. The molecule has 0 fully saturated rings. The Morgan fingerprint density at radius 3 is 2.54 bits per heavy atom. The number of hydrogen-bond acceptors (Lipinski definition) is 5. The normalized spacial score (nSPS) is 14.2. The van der Waals surface area contributed by atoms with Crippen LogP contribution in [0.5, 0.6) is 11.5 Å². The number of H-pyrrole nitrogens is 1. The van der Waals surface area contributed by atoms with E-state index in [-0.39, 0.29) is 11.5 Å². The van der Waals surface area contributed by atoms with Gasteiger partial charge in [0.25, 0.3) is 5.91 Å². The Morgan fingerprint density at radius 1 is 1.06 bits per heavy atom. The van der Waals surface area contributed by atoms with Gasteiger partial charge in [-0.3, -0.25) is 9.89 Å². The molecule has 5 aromatic rings. The largest absolute Gasteiger partial charge is 0.494 e. The van der Waals surface area contributed by atoms with Crippen molar-refractivity contribution in [3.05, 3.63) is 91.3 Å². The Balaban J connectivity index is 1.34. The number of anilines is 1. The average molecular weight is 688 g/mol. The van der Waals surface area contributed by atoms with Crippen molar-refractivity contribution in [2.75, 3.05) is 24.7 Å². The molecule has 0 saturated carbocycles. The summed E-state index contributed by atoms with van der Waals surface area (Å²) in [4.78, 5) is 28.8. The van der Waals surface area contributed by atoms with Gasteiger partial charge in [0.2, 0.25) is 0 Å². The van der Waals surface area contributed by atoms with Gasteiger partial charge in [0.15, 0.2) is 0 Å². The van der Waals surface area contributed by atoms with Gasteiger partial charge < -0.3 is 24.0 Å².